The smallest absolute Gasteiger partial charge is 0.243 e. The summed E-state index contributed by atoms with van der Waals surface area (Å²) in [6, 6.07) is 7.33. The van der Waals surface area contributed by atoms with Gasteiger partial charge in [-0.25, -0.2) is 0 Å². The first-order valence-electron chi connectivity index (χ1n) is 5.97. The molecule has 1 aliphatic heterocycles. The van der Waals surface area contributed by atoms with Crippen LogP contribution in [0.25, 0.3) is 0 Å². The van der Waals surface area contributed by atoms with Gasteiger partial charge in [0.25, 0.3) is 0 Å². The van der Waals surface area contributed by atoms with Crippen molar-refractivity contribution >= 4 is 17.5 Å². The highest BCUT2D eigenvalue weighted by molar-refractivity contribution is 5.96. The Bertz CT molecular complexity index is 473. The molecule has 0 radical (unpaired) electrons. The summed E-state index contributed by atoms with van der Waals surface area (Å²) in [5, 5.41) is 5.50. The zero-order chi connectivity index (χ0) is 13.1. The zero-order valence-electron chi connectivity index (χ0n) is 10.3. The summed E-state index contributed by atoms with van der Waals surface area (Å²) in [5.41, 5.74) is 8.09. The summed E-state index contributed by atoms with van der Waals surface area (Å²) in [6.07, 6.45) is 0.531. The molecule has 4 N–H and O–H groups in total. The number of imide groups is 1. The maximum atomic E-state index is 11.6. The number of amides is 2. The highest BCUT2D eigenvalue weighted by Gasteiger charge is 2.26. The van der Waals surface area contributed by atoms with Crippen molar-refractivity contribution in [1.82, 2.24) is 5.32 Å². The molecule has 2 rings (SSSR count). The largest absolute Gasteiger partial charge is 0.384 e. The van der Waals surface area contributed by atoms with Crippen molar-refractivity contribution in [2.75, 3.05) is 11.9 Å². The Morgan fingerprint density at radius 2 is 2.22 bits per heavy atom. The topological polar surface area (TPSA) is 84.2 Å². The molecule has 1 aromatic carbocycles. The molecule has 0 bridgehead atoms. The third-order valence-corrected chi connectivity index (χ3v) is 3.11. The van der Waals surface area contributed by atoms with Gasteiger partial charge in [0, 0.05) is 25.1 Å². The van der Waals surface area contributed by atoms with Crippen LogP contribution >= 0.6 is 0 Å². The van der Waals surface area contributed by atoms with Gasteiger partial charge < -0.3 is 11.1 Å². The molecule has 0 spiro atoms. The van der Waals surface area contributed by atoms with Crippen molar-refractivity contribution in [1.29, 1.82) is 0 Å². The summed E-state index contributed by atoms with van der Waals surface area (Å²) < 4.78 is 0. The molecule has 1 aromatic rings. The van der Waals surface area contributed by atoms with Crippen LogP contribution in [0, 0.1) is 0 Å². The van der Waals surface area contributed by atoms with Gasteiger partial charge in [-0.1, -0.05) is 18.2 Å². The molecule has 5 heteroatoms. The summed E-state index contributed by atoms with van der Waals surface area (Å²) >= 11 is 0. The second kappa shape index (κ2) is 5.18. The third-order valence-electron chi connectivity index (χ3n) is 3.11. The molecule has 1 aliphatic rings. The molecule has 0 saturated heterocycles. The van der Waals surface area contributed by atoms with Crippen molar-refractivity contribution in [2.24, 2.45) is 5.73 Å². The molecule has 2 unspecified atom stereocenters. The number of hydrogen-bond acceptors (Lipinski definition) is 4. The highest BCUT2D eigenvalue weighted by atomic mass is 16.2. The Labute approximate surface area is 106 Å². The lowest BCUT2D eigenvalue weighted by atomic mass is 9.94. The number of rotatable bonds is 3. The molecule has 0 aliphatic carbocycles. The first kappa shape index (κ1) is 12.6. The number of anilines is 1. The molecule has 2 atom stereocenters. The van der Waals surface area contributed by atoms with E-state index in [0.717, 1.165) is 12.2 Å². The average molecular weight is 247 g/mol. The van der Waals surface area contributed by atoms with E-state index < -0.39 is 11.9 Å². The molecule has 0 fully saturated rings. The monoisotopic (exact) mass is 247 g/mol. The third kappa shape index (κ3) is 2.68. The molecule has 18 heavy (non-hydrogen) atoms. The summed E-state index contributed by atoms with van der Waals surface area (Å²) in [6.45, 7) is 2.08. The molecule has 0 saturated carbocycles. The molecule has 2 amide bonds. The maximum absolute atomic E-state index is 11.6. The standard InChI is InChI=1S/C13H17N3O2/c1-8(17)16-13(18)11(14)6-9-7-15-12-5-3-2-4-10(9)12/h2-5,9,11,15H,6-7,14H2,1H3,(H,16,17,18). The normalized spacial score (nSPS) is 18.7. The quantitative estimate of drug-likeness (QED) is 0.729. The molecule has 96 valence electrons. The minimum Gasteiger partial charge on any atom is -0.384 e. The predicted molar refractivity (Wildman–Crippen MR) is 69.1 cm³/mol. The first-order valence-corrected chi connectivity index (χ1v) is 5.97. The highest BCUT2D eigenvalue weighted by Crippen LogP contribution is 2.33. The van der Waals surface area contributed by atoms with E-state index >= 15 is 0 Å². The van der Waals surface area contributed by atoms with Crippen LogP contribution in [0.3, 0.4) is 0 Å². The van der Waals surface area contributed by atoms with E-state index in [0.29, 0.717) is 6.42 Å². The molecular weight excluding hydrogens is 230 g/mol. The van der Waals surface area contributed by atoms with Gasteiger partial charge >= 0.3 is 0 Å². The van der Waals surface area contributed by atoms with E-state index in [4.69, 9.17) is 5.73 Å². The molecular formula is C13H17N3O2. The van der Waals surface area contributed by atoms with Crippen molar-refractivity contribution < 1.29 is 9.59 Å². The average Bonchev–Trinajstić information content (AvgIpc) is 2.72. The van der Waals surface area contributed by atoms with Crippen molar-refractivity contribution in [3.05, 3.63) is 29.8 Å². The first-order chi connectivity index (χ1) is 8.58. The van der Waals surface area contributed by atoms with Crippen molar-refractivity contribution in [2.45, 2.75) is 25.3 Å². The fourth-order valence-electron chi connectivity index (χ4n) is 2.25. The second-order valence-corrected chi connectivity index (χ2v) is 4.55. The number of benzene rings is 1. The number of carbonyl (C=O) groups is 2. The Kier molecular flexibility index (Phi) is 3.62. The summed E-state index contributed by atoms with van der Waals surface area (Å²) in [7, 11) is 0. The van der Waals surface area contributed by atoms with Crippen LogP contribution in [0.5, 0.6) is 0 Å². The fourth-order valence-corrected chi connectivity index (χ4v) is 2.25. The van der Waals surface area contributed by atoms with Crippen LogP contribution in [0.4, 0.5) is 5.69 Å². The Morgan fingerprint density at radius 1 is 1.50 bits per heavy atom. The summed E-state index contributed by atoms with van der Waals surface area (Å²) in [4.78, 5) is 22.4. The van der Waals surface area contributed by atoms with Gasteiger partial charge in [0.1, 0.15) is 0 Å². The van der Waals surface area contributed by atoms with Gasteiger partial charge in [-0.05, 0) is 18.1 Å². The van der Waals surface area contributed by atoms with Crippen molar-refractivity contribution in [3.63, 3.8) is 0 Å². The molecule has 0 aromatic heterocycles. The van der Waals surface area contributed by atoms with Gasteiger partial charge in [0.15, 0.2) is 0 Å². The molecule has 1 heterocycles. The lowest BCUT2D eigenvalue weighted by molar-refractivity contribution is -0.130. The van der Waals surface area contributed by atoms with Gasteiger partial charge in [-0.2, -0.15) is 0 Å². The van der Waals surface area contributed by atoms with Crippen LogP contribution in [0.2, 0.25) is 0 Å². The number of fused-ring (bicyclic) bond motifs is 1. The van der Waals surface area contributed by atoms with E-state index in [9.17, 15) is 9.59 Å². The lowest BCUT2D eigenvalue weighted by Gasteiger charge is -2.15. The Hall–Kier alpha value is -1.88. The Balaban J connectivity index is 1.99. The van der Waals surface area contributed by atoms with Crippen LogP contribution in [0.1, 0.15) is 24.8 Å². The number of nitrogens with one attached hydrogen (secondary N) is 2. The number of carbonyl (C=O) groups excluding carboxylic acids is 2. The van der Waals surface area contributed by atoms with E-state index in [1.54, 1.807) is 0 Å². The summed E-state index contributed by atoms with van der Waals surface area (Å²) in [5.74, 6) is -0.568. The number of hydrogen-bond donors (Lipinski definition) is 3. The number of para-hydroxylation sites is 1. The predicted octanol–water partition coefficient (Wildman–Crippen LogP) is 0.576. The van der Waals surface area contributed by atoms with Gasteiger partial charge in [0.2, 0.25) is 11.8 Å². The van der Waals surface area contributed by atoms with Crippen LogP contribution in [0.15, 0.2) is 24.3 Å². The van der Waals surface area contributed by atoms with Gasteiger partial charge in [-0.15, -0.1) is 0 Å². The van der Waals surface area contributed by atoms with Crippen LogP contribution in [-0.2, 0) is 9.59 Å². The van der Waals surface area contributed by atoms with E-state index in [2.05, 4.69) is 10.6 Å². The van der Waals surface area contributed by atoms with Gasteiger partial charge in [0.05, 0.1) is 6.04 Å². The van der Waals surface area contributed by atoms with Crippen LogP contribution in [-0.4, -0.2) is 24.4 Å². The SMILES string of the molecule is CC(=O)NC(=O)C(N)CC1CNc2ccccc21. The van der Waals surface area contributed by atoms with Crippen LogP contribution < -0.4 is 16.4 Å². The minimum atomic E-state index is -0.660. The van der Waals surface area contributed by atoms with E-state index in [-0.39, 0.29) is 11.8 Å². The lowest BCUT2D eigenvalue weighted by Crippen LogP contribution is -2.43. The van der Waals surface area contributed by atoms with E-state index in [1.165, 1.54) is 12.5 Å². The Morgan fingerprint density at radius 3 is 2.94 bits per heavy atom. The minimum absolute atomic E-state index is 0.217. The maximum Gasteiger partial charge on any atom is 0.243 e. The number of nitrogens with two attached hydrogens (primary N) is 1. The molecule has 5 nitrogen and oxygen atoms in total. The van der Waals surface area contributed by atoms with Gasteiger partial charge in [-0.3, -0.25) is 14.9 Å². The zero-order valence-corrected chi connectivity index (χ0v) is 10.3. The fraction of sp³-hybridized carbons (Fsp3) is 0.385. The van der Waals surface area contributed by atoms with E-state index in [1.807, 2.05) is 24.3 Å². The van der Waals surface area contributed by atoms with Crippen molar-refractivity contribution in [3.8, 4) is 0 Å². The second-order valence-electron chi connectivity index (χ2n) is 4.55.